The molecule has 0 aliphatic rings. The van der Waals surface area contributed by atoms with Crippen molar-refractivity contribution in [3.8, 4) is 5.75 Å². The van der Waals surface area contributed by atoms with E-state index < -0.39 is 5.97 Å². The lowest BCUT2D eigenvalue weighted by Gasteiger charge is -2.08. The molecule has 0 aliphatic heterocycles. The summed E-state index contributed by atoms with van der Waals surface area (Å²) in [6.07, 6.45) is 1.44. The summed E-state index contributed by atoms with van der Waals surface area (Å²) in [6, 6.07) is 21.1. The number of amides is 1. The molecule has 0 aromatic heterocycles. The van der Waals surface area contributed by atoms with E-state index in [9.17, 15) is 9.59 Å². The van der Waals surface area contributed by atoms with Crippen LogP contribution in [0.4, 0.5) is 0 Å². The molecule has 3 aromatic carbocycles. The monoisotopic (exact) mass is 548 g/mol. The molecular formula is C21H14BrIN2O3. The van der Waals surface area contributed by atoms with Gasteiger partial charge in [-0.25, -0.2) is 10.2 Å². The Morgan fingerprint density at radius 2 is 1.71 bits per heavy atom. The first-order valence-electron chi connectivity index (χ1n) is 8.19. The fourth-order valence-corrected chi connectivity index (χ4v) is 3.32. The molecule has 3 rings (SSSR count). The number of halogens is 2. The van der Waals surface area contributed by atoms with Crippen LogP contribution in [0.25, 0.3) is 0 Å². The molecule has 0 heterocycles. The third-order valence-corrected chi connectivity index (χ3v) is 5.11. The van der Waals surface area contributed by atoms with Crippen molar-refractivity contribution in [2.75, 3.05) is 0 Å². The minimum Gasteiger partial charge on any atom is -0.422 e. The average molecular weight is 549 g/mol. The fraction of sp³-hybridized carbons (Fsp3) is 0. The van der Waals surface area contributed by atoms with Crippen molar-refractivity contribution in [3.05, 3.63) is 97.5 Å². The predicted octanol–water partition coefficient (Wildman–Crippen LogP) is 5.04. The molecule has 0 bridgehead atoms. The molecule has 0 fully saturated rings. The number of hydrogen-bond donors (Lipinski definition) is 1. The molecule has 28 heavy (non-hydrogen) atoms. The summed E-state index contributed by atoms with van der Waals surface area (Å²) in [5, 5.41) is 4.00. The van der Waals surface area contributed by atoms with Crippen LogP contribution in [0, 0.1) is 3.57 Å². The van der Waals surface area contributed by atoms with Gasteiger partial charge in [-0.05, 0) is 65.1 Å². The second-order valence-corrected chi connectivity index (χ2v) is 7.69. The minimum atomic E-state index is -0.472. The summed E-state index contributed by atoms with van der Waals surface area (Å²) in [5.74, 6) is -0.455. The number of nitrogens with one attached hydrogen (secondary N) is 1. The lowest BCUT2D eigenvalue weighted by molar-refractivity contribution is 0.0734. The van der Waals surface area contributed by atoms with Crippen LogP contribution in [0.5, 0.6) is 5.75 Å². The Morgan fingerprint density at radius 1 is 1.00 bits per heavy atom. The van der Waals surface area contributed by atoms with Gasteiger partial charge in [0.05, 0.1) is 17.3 Å². The maximum Gasteiger partial charge on any atom is 0.343 e. The lowest BCUT2D eigenvalue weighted by Crippen LogP contribution is -2.18. The molecule has 5 nitrogen and oxygen atoms in total. The normalized spacial score (nSPS) is 10.6. The van der Waals surface area contributed by atoms with Crippen molar-refractivity contribution in [2.24, 2.45) is 5.10 Å². The largest absolute Gasteiger partial charge is 0.422 e. The highest BCUT2D eigenvalue weighted by Crippen LogP contribution is 2.23. The number of hydrogen-bond acceptors (Lipinski definition) is 4. The number of nitrogens with zero attached hydrogens (tertiary/aromatic N) is 1. The maximum atomic E-state index is 12.3. The molecule has 7 heteroatoms. The molecule has 0 saturated carbocycles. The van der Waals surface area contributed by atoms with Crippen LogP contribution < -0.4 is 10.2 Å². The molecule has 0 saturated heterocycles. The summed E-state index contributed by atoms with van der Waals surface area (Å²) in [5.41, 5.74) is 4.01. The molecule has 3 aromatic rings. The van der Waals surface area contributed by atoms with E-state index in [1.54, 1.807) is 54.6 Å². The van der Waals surface area contributed by atoms with E-state index in [4.69, 9.17) is 4.74 Å². The van der Waals surface area contributed by atoms with Crippen molar-refractivity contribution in [2.45, 2.75) is 0 Å². The quantitative estimate of drug-likeness (QED) is 0.160. The highest BCUT2D eigenvalue weighted by molar-refractivity contribution is 14.1. The zero-order chi connectivity index (χ0) is 19.9. The Hall–Kier alpha value is -2.52. The van der Waals surface area contributed by atoms with Crippen LogP contribution in [0.1, 0.15) is 26.3 Å². The summed E-state index contributed by atoms with van der Waals surface area (Å²) in [4.78, 5) is 24.6. The third kappa shape index (κ3) is 5.26. The van der Waals surface area contributed by atoms with Crippen LogP contribution in [-0.4, -0.2) is 18.1 Å². The van der Waals surface area contributed by atoms with Crippen LogP contribution in [0.2, 0.25) is 0 Å². The number of ether oxygens (including phenoxy) is 1. The van der Waals surface area contributed by atoms with Crippen molar-refractivity contribution in [1.29, 1.82) is 0 Å². The van der Waals surface area contributed by atoms with Gasteiger partial charge in [-0.3, -0.25) is 4.79 Å². The third-order valence-electron chi connectivity index (χ3n) is 3.67. The molecular weight excluding hydrogens is 535 g/mol. The lowest BCUT2D eigenvalue weighted by atomic mass is 10.2. The van der Waals surface area contributed by atoms with Crippen molar-refractivity contribution in [3.63, 3.8) is 0 Å². The van der Waals surface area contributed by atoms with Crippen molar-refractivity contribution < 1.29 is 14.3 Å². The first kappa shape index (κ1) is 20.2. The number of benzene rings is 3. The highest BCUT2D eigenvalue weighted by atomic mass is 127. The van der Waals surface area contributed by atoms with Crippen LogP contribution in [-0.2, 0) is 0 Å². The van der Waals surface area contributed by atoms with Gasteiger partial charge in [0.15, 0.2) is 0 Å². The summed E-state index contributed by atoms with van der Waals surface area (Å²) >= 11 is 5.47. The molecule has 0 aliphatic carbocycles. The molecule has 1 amide bonds. The smallest absolute Gasteiger partial charge is 0.343 e. The van der Waals surface area contributed by atoms with E-state index in [1.807, 2.05) is 18.2 Å². The number of rotatable bonds is 5. The molecule has 0 unspecified atom stereocenters. The van der Waals surface area contributed by atoms with Gasteiger partial charge in [0, 0.05) is 13.6 Å². The summed E-state index contributed by atoms with van der Waals surface area (Å²) in [7, 11) is 0. The predicted molar refractivity (Wildman–Crippen MR) is 120 cm³/mol. The summed E-state index contributed by atoms with van der Waals surface area (Å²) < 4.78 is 7.10. The van der Waals surface area contributed by atoms with E-state index >= 15 is 0 Å². The Kier molecular flexibility index (Phi) is 6.94. The number of carbonyl (C=O) groups is 2. The Bertz CT molecular complexity index is 1040. The molecule has 0 radical (unpaired) electrons. The molecule has 140 valence electrons. The Labute approximate surface area is 184 Å². The van der Waals surface area contributed by atoms with Gasteiger partial charge in [0.1, 0.15) is 5.75 Å². The van der Waals surface area contributed by atoms with E-state index in [0.717, 1.165) is 8.04 Å². The van der Waals surface area contributed by atoms with Crippen LogP contribution in [0.3, 0.4) is 0 Å². The second-order valence-electron chi connectivity index (χ2n) is 5.62. The standard InChI is InChI=1S/C21H14BrIN2O3/c22-16-10-11-19(28-21(27)14-6-2-1-3-7-14)15(12-16)13-24-25-20(26)17-8-4-5-9-18(17)23/h1-13H,(H,25,26)/b24-13+. The average Bonchev–Trinajstić information content (AvgIpc) is 2.70. The first-order valence-corrected chi connectivity index (χ1v) is 10.1. The van der Waals surface area contributed by atoms with E-state index in [1.165, 1.54) is 6.21 Å². The van der Waals surface area contributed by atoms with Crippen molar-refractivity contribution in [1.82, 2.24) is 5.43 Å². The SMILES string of the molecule is O=C(Oc1ccc(Br)cc1/C=N/NC(=O)c1ccccc1I)c1ccccc1. The van der Waals surface area contributed by atoms with Gasteiger partial charge in [-0.15, -0.1) is 0 Å². The Balaban J connectivity index is 1.75. The van der Waals surface area contributed by atoms with Gasteiger partial charge in [0.2, 0.25) is 0 Å². The fourth-order valence-electron chi connectivity index (χ4n) is 2.31. The van der Waals surface area contributed by atoms with Gasteiger partial charge < -0.3 is 4.74 Å². The van der Waals surface area contributed by atoms with Gasteiger partial charge in [0.25, 0.3) is 5.91 Å². The summed E-state index contributed by atoms with van der Waals surface area (Å²) in [6.45, 7) is 0. The molecule has 0 spiro atoms. The zero-order valence-electron chi connectivity index (χ0n) is 14.4. The molecule has 0 atom stereocenters. The van der Waals surface area contributed by atoms with E-state index in [0.29, 0.717) is 22.4 Å². The zero-order valence-corrected chi connectivity index (χ0v) is 18.2. The van der Waals surface area contributed by atoms with E-state index in [2.05, 4.69) is 49.0 Å². The second kappa shape index (κ2) is 9.61. The number of esters is 1. The van der Waals surface area contributed by atoms with Crippen LogP contribution >= 0.6 is 38.5 Å². The highest BCUT2D eigenvalue weighted by Gasteiger charge is 2.12. The van der Waals surface area contributed by atoms with Gasteiger partial charge in [-0.2, -0.15) is 5.10 Å². The number of hydrazone groups is 1. The van der Waals surface area contributed by atoms with Crippen molar-refractivity contribution >= 4 is 56.6 Å². The maximum absolute atomic E-state index is 12.3. The van der Waals surface area contributed by atoms with Gasteiger partial charge in [-0.1, -0.05) is 46.3 Å². The van der Waals surface area contributed by atoms with E-state index in [-0.39, 0.29) is 5.91 Å². The topological polar surface area (TPSA) is 67.8 Å². The minimum absolute atomic E-state index is 0.320. The van der Waals surface area contributed by atoms with Crippen LogP contribution in [0.15, 0.2) is 82.4 Å². The first-order chi connectivity index (χ1) is 13.5. The Morgan fingerprint density at radius 3 is 2.46 bits per heavy atom. The number of carbonyl (C=O) groups excluding carboxylic acids is 2. The molecule has 1 N–H and O–H groups in total. The van der Waals surface area contributed by atoms with Gasteiger partial charge >= 0.3 is 5.97 Å².